The lowest BCUT2D eigenvalue weighted by atomic mass is 10.00. The van der Waals surface area contributed by atoms with Crippen LogP contribution in [0, 0.1) is 0 Å². The number of fused-ring (bicyclic) bond motifs is 1. The summed E-state index contributed by atoms with van der Waals surface area (Å²) in [6.45, 7) is 3.78. The van der Waals surface area contributed by atoms with Gasteiger partial charge >= 0.3 is 6.03 Å². The second kappa shape index (κ2) is 7.03. The number of para-hydroxylation sites is 1. The van der Waals surface area contributed by atoms with Gasteiger partial charge in [0.2, 0.25) is 0 Å². The zero-order valence-electron chi connectivity index (χ0n) is 13.4. The summed E-state index contributed by atoms with van der Waals surface area (Å²) in [5, 5.41) is 3.26. The molecule has 2 heterocycles. The maximum absolute atomic E-state index is 12.7. The first-order valence-electron chi connectivity index (χ1n) is 8.58. The van der Waals surface area contributed by atoms with Gasteiger partial charge in [-0.25, -0.2) is 4.79 Å². The highest BCUT2D eigenvalue weighted by Crippen LogP contribution is 2.31. The minimum atomic E-state index is 0.0608. The van der Waals surface area contributed by atoms with Crippen molar-refractivity contribution in [2.24, 2.45) is 0 Å². The average Bonchev–Trinajstić information content (AvgIpc) is 2.77. The highest BCUT2D eigenvalue weighted by Gasteiger charge is 2.28. The number of carbonyl (C=O) groups excluding carboxylic acids is 1. The zero-order chi connectivity index (χ0) is 15.4. The Morgan fingerprint density at radius 1 is 1.27 bits per heavy atom. The van der Waals surface area contributed by atoms with Gasteiger partial charge in [-0.3, -0.25) is 0 Å². The third kappa shape index (κ3) is 3.21. The molecule has 4 nitrogen and oxygen atoms in total. The Bertz CT molecular complexity index is 518. The van der Waals surface area contributed by atoms with Crippen LogP contribution in [-0.2, 0) is 0 Å². The third-order valence-corrected chi connectivity index (χ3v) is 4.85. The van der Waals surface area contributed by atoms with E-state index in [0.717, 1.165) is 56.6 Å². The van der Waals surface area contributed by atoms with E-state index < -0.39 is 0 Å². The first-order chi connectivity index (χ1) is 10.8. The molecule has 1 saturated heterocycles. The van der Waals surface area contributed by atoms with E-state index in [-0.39, 0.29) is 12.1 Å². The van der Waals surface area contributed by atoms with Crippen LogP contribution in [-0.4, -0.2) is 30.1 Å². The van der Waals surface area contributed by atoms with Gasteiger partial charge in [0, 0.05) is 18.2 Å². The smallest absolute Gasteiger partial charge is 0.318 e. The molecule has 1 aromatic carbocycles. The molecule has 0 aromatic heterocycles. The van der Waals surface area contributed by atoms with Crippen molar-refractivity contribution in [3.05, 3.63) is 29.8 Å². The average molecular weight is 302 g/mol. The molecule has 1 aromatic rings. The van der Waals surface area contributed by atoms with E-state index in [4.69, 9.17) is 4.74 Å². The number of amides is 2. The van der Waals surface area contributed by atoms with Crippen LogP contribution >= 0.6 is 0 Å². The number of rotatable bonds is 2. The van der Waals surface area contributed by atoms with Crippen molar-refractivity contribution in [3.8, 4) is 5.75 Å². The Kier molecular flexibility index (Phi) is 4.86. The zero-order valence-corrected chi connectivity index (χ0v) is 13.4. The largest absolute Gasteiger partial charge is 0.493 e. The second-order valence-electron chi connectivity index (χ2n) is 6.28. The van der Waals surface area contributed by atoms with Crippen LogP contribution < -0.4 is 10.1 Å². The predicted octanol–water partition coefficient (Wildman–Crippen LogP) is 3.87. The quantitative estimate of drug-likeness (QED) is 0.901. The summed E-state index contributed by atoms with van der Waals surface area (Å²) in [5.74, 6) is 0.913. The van der Waals surface area contributed by atoms with Gasteiger partial charge in [-0.2, -0.15) is 0 Å². The van der Waals surface area contributed by atoms with E-state index in [9.17, 15) is 4.79 Å². The van der Waals surface area contributed by atoms with E-state index >= 15 is 0 Å². The number of nitrogens with one attached hydrogen (secondary N) is 1. The standard InChI is InChI=1S/C18H26N2O2/c1-2-14-8-5-6-12-20(14)18(21)19-16-10-7-13-22-17-11-4-3-9-15(16)17/h3-4,9,11,14,16H,2,5-8,10,12-13H2,1H3,(H,19,21). The van der Waals surface area contributed by atoms with Crippen molar-refractivity contribution < 1.29 is 9.53 Å². The van der Waals surface area contributed by atoms with Crippen LogP contribution in [0.25, 0.3) is 0 Å². The van der Waals surface area contributed by atoms with Crippen molar-refractivity contribution in [1.29, 1.82) is 0 Å². The van der Waals surface area contributed by atoms with Gasteiger partial charge in [0.15, 0.2) is 0 Å². The lowest BCUT2D eigenvalue weighted by Gasteiger charge is -2.36. The van der Waals surface area contributed by atoms with Crippen molar-refractivity contribution in [1.82, 2.24) is 10.2 Å². The van der Waals surface area contributed by atoms with Crippen molar-refractivity contribution in [3.63, 3.8) is 0 Å². The molecule has 2 unspecified atom stereocenters. The SMILES string of the molecule is CCC1CCCCN1C(=O)NC1CCCOc2ccccc21. The Labute approximate surface area is 132 Å². The Morgan fingerprint density at radius 3 is 3.00 bits per heavy atom. The monoisotopic (exact) mass is 302 g/mol. The summed E-state index contributed by atoms with van der Waals surface area (Å²) >= 11 is 0. The van der Waals surface area contributed by atoms with Crippen LogP contribution in [0.15, 0.2) is 24.3 Å². The number of nitrogens with zero attached hydrogens (tertiary/aromatic N) is 1. The minimum absolute atomic E-state index is 0.0608. The summed E-state index contributed by atoms with van der Waals surface area (Å²) in [6, 6.07) is 8.61. The molecule has 0 radical (unpaired) electrons. The van der Waals surface area contributed by atoms with Crippen molar-refractivity contribution in [2.45, 2.75) is 57.5 Å². The molecular weight excluding hydrogens is 276 g/mol. The minimum Gasteiger partial charge on any atom is -0.493 e. The molecule has 3 rings (SSSR count). The molecule has 2 atom stereocenters. The van der Waals surface area contributed by atoms with Crippen LogP contribution in [0.2, 0.25) is 0 Å². The Balaban J connectivity index is 1.73. The molecule has 1 N–H and O–H groups in total. The van der Waals surface area contributed by atoms with Gasteiger partial charge in [0.05, 0.1) is 12.6 Å². The fourth-order valence-corrected chi connectivity index (χ4v) is 3.60. The number of urea groups is 1. The highest BCUT2D eigenvalue weighted by molar-refractivity contribution is 5.75. The lowest BCUT2D eigenvalue weighted by Crippen LogP contribution is -2.49. The number of hydrogen-bond donors (Lipinski definition) is 1. The molecule has 1 fully saturated rings. The topological polar surface area (TPSA) is 41.6 Å². The Morgan fingerprint density at radius 2 is 2.14 bits per heavy atom. The normalized spacial score (nSPS) is 24.9. The molecule has 2 aliphatic heterocycles. The van der Waals surface area contributed by atoms with Gasteiger partial charge < -0.3 is 15.0 Å². The number of benzene rings is 1. The summed E-state index contributed by atoms with van der Waals surface area (Å²) in [5.41, 5.74) is 1.11. The van der Waals surface area contributed by atoms with Crippen LogP contribution in [0.5, 0.6) is 5.75 Å². The Hall–Kier alpha value is -1.71. The van der Waals surface area contributed by atoms with Crippen LogP contribution in [0.4, 0.5) is 4.79 Å². The first-order valence-corrected chi connectivity index (χ1v) is 8.58. The van der Waals surface area contributed by atoms with Crippen molar-refractivity contribution >= 4 is 6.03 Å². The lowest BCUT2D eigenvalue weighted by molar-refractivity contribution is 0.145. The molecule has 4 heteroatoms. The first kappa shape index (κ1) is 15.2. The second-order valence-corrected chi connectivity index (χ2v) is 6.28. The van der Waals surface area contributed by atoms with Crippen molar-refractivity contribution in [2.75, 3.05) is 13.2 Å². The summed E-state index contributed by atoms with van der Waals surface area (Å²) in [7, 11) is 0. The number of ether oxygens (including phenoxy) is 1. The van der Waals surface area contributed by atoms with Gasteiger partial charge in [-0.1, -0.05) is 25.1 Å². The summed E-state index contributed by atoms with van der Waals surface area (Å²) < 4.78 is 5.78. The van der Waals surface area contributed by atoms with Gasteiger partial charge in [-0.05, 0) is 44.6 Å². The number of piperidine rings is 1. The maximum atomic E-state index is 12.7. The molecule has 2 aliphatic rings. The summed E-state index contributed by atoms with van der Waals surface area (Å²) in [6.07, 6.45) is 6.44. The van der Waals surface area contributed by atoms with E-state index in [0.29, 0.717) is 6.04 Å². The summed E-state index contributed by atoms with van der Waals surface area (Å²) in [4.78, 5) is 14.8. The van der Waals surface area contributed by atoms with Gasteiger partial charge in [-0.15, -0.1) is 0 Å². The molecule has 0 saturated carbocycles. The number of hydrogen-bond acceptors (Lipinski definition) is 2. The highest BCUT2D eigenvalue weighted by atomic mass is 16.5. The van der Waals surface area contributed by atoms with Crippen LogP contribution in [0.3, 0.4) is 0 Å². The molecule has 0 aliphatic carbocycles. The number of carbonyl (C=O) groups is 1. The fraction of sp³-hybridized carbons (Fsp3) is 0.611. The molecular formula is C18H26N2O2. The molecule has 22 heavy (non-hydrogen) atoms. The molecule has 120 valence electrons. The van der Waals surface area contributed by atoms with Crippen LogP contribution in [0.1, 0.15) is 57.1 Å². The van der Waals surface area contributed by atoms with E-state index in [2.05, 4.69) is 18.3 Å². The van der Waals surface area contributed by atoms with Gasteiger partial charge in [0.25, 0.3) is 0 Å². The molecule has 2 amide bonds. The number of likely N-dealkylation sites (tertiary alicyclic amines) is 1. The predicted molar refractivity (Wildman–Crippen MR) is 87.1 cm³/mol. The van der Waals surface area contributed by atoms with E-state index in [1.54, 1.807) is 0 Å². The maximum Gasteiger partial charge on any atom is 0.318 e. The van der Waals surface area contributed by atoms with E-state index in [1.165, 1.54) is 6.42 Å². The van der Waals surface area contributed by atoms with E-state index in [1.807, 2.05) is 23.1 Å². The molecule has 0 spiro atoms. The fourth-order valence-electron chi connectivity index (χ4n) is 3.60. The van der Waals surface area contributed by atoms with Gasteiger partial charge in [0.1, 0.15) is 5.75 Å². The molecule has 0 bridgehead atoms. The third-order valence-electron chi connectivity index (χ3n) is 4.85.